The van der Waals surface area contributed by atoms with Crippen LogP contribution in [0.25, 0.3) is 22.6 Å². The fourth-order valence-corrected chi connectivity index (χ4v) is 4.99. The molecule has 5 rings (SSSR count). The molecule has 10 heteroatoms. The highest BCUT2D eigenvalue weighted by atomic mass is 16.5. The zero-order chi connectivity index (χ0) is 30.9. The average molecular weight is 598 g/mol. The van der Waals surface area contributed by atoms with Crippen LogP contribution >= 0.6 is 0 Å². The zero-order valence-corrected chi connectivity index (χ0v) is 25.7. The topological polar surface area (TPSA) is 101 Å². The van der Waals surface area contributed by atoms with Gasteiger partial charge in [0, 0.05) is 44.2 Å². The molecule has 0 saturated carbocycles. The van der Waals surface area contributed by atoms with Gasteiger partial charge in [0.25, 0.3) is 0 Å². The summed E-state index contributed by atoms with van der Waals surface area (Å²) in [4.78, 5) is 21.7. The summed E-state index contributed by atoms with van der Waals surface area (Å²) in [6, 6.07) is 16.6. The zero-order valence-electron chi connectivity index (χ0n) is 25.7. The largest absolute Gasteiger partial charge is 0.495 e. The number of amides is 1. The normalized spacial score (nSPS) is 11.3. The van der Waals surface area contributed by atoms with E-state index >= 15 is 0 Å². The van der Waals surface area contributed by atoms with Gasteiger partial charge in [-0.3, -0.25) is 4.79 Å². The number of methoxy groups -OCH3 is 2. The van der Waals surface area contributed by atoms with Gasteiger partial charge in [-0.15, -0.1) is 0 Å². The summed E-state index contributed by atoms with van der Waals surface area (Å²) < 4.78 is 25.4. The van der Waals surface area contributed by atoms with Crippen LogP contribution in [0.15, 0.2) is 73.4 Å². The second kappa shape index (κ2) is 14.8. The van der Waals surface area contributed by atoms with Crippen LogP contribution in [-0.2, 0) is 32.0 Å². The van der Waals surface area contributed by atoms with E-state index in [1.54, 1.807) is 20.5 Å². The highest BCUT2D eigenvalue weighted by Gasteiger charge is 2.14. The molecular formula is C34H39N5O5. The lowest BCUT2D eigenvalue weighted by Gasteiger charge is -2.12. The fraction of sp³-hybridized carbons (Fsp3) is 0.324. The first kappa shape index (κ1) is 30.9. The number of pyridine rings is 1. The molecule has 0 aliphatic rings. The Balaban J connectivity index is 1.26. The van der Waals surface area contributed by atoms with Crippen molar-refractivity contribution >= 4 is 11.6 Å². The van der Waals surface area contributed by atoms with Crippen LogP contribution in [0.2, 0.25) is 0 Å². The highest BCUT2D eigenvalue weighted by Crippen LogP contribution is 2.29. The van der Waals surface area contributed by atoms with Crippen LogP contribution in [0.4, 0.5) is 0 Å². The maximum absolute atomic E-state index is 12.3. The van der Waals surface area contributed by atoms with Crippen molar-refractivity contribution in [2.24, 2.45) is 0 Å². The number of nitrogens with zero attached hydrogens (tertiary/aromatic N) is 4. The van der Waals surface area contributed by atoms with Gasteiger partial charge in [0.1, 0.15) is 18.0 Å². The molecule has 1 N–H and O–H groups in total. The van der Waals surface area contributed by atoms with Gasteiger partial charge in [0.05, 0.1) is 56.9 Å². The first-order valence-corrected chi connectivity index (χ1v) is 14.6. The van der Waals surface area contributed by atoms with Crippen LogP contribution in [0.5, 0.6) is 5.75 Å². The minimum Gasteiger partial charge on any atom is -0.495 e. The van der Waals surface area contributed by atoms with Crippen LogP contribution in [0, 0.1) is 13.8 Å². The predicted molar refractivity (Wildman–Crippen MR) is 168 cm³/mol. The molecule has 2 aromatic carbocycles. The summed E-state index contributed by atoms with van der Waals surface area (Å²) in [6.07, 6.45) is 8.54. The number of imidazole rings is 2. The van der Waals surface area contributed by atoms with E-state index in [4.69, 9.17) is 23.9 Å². The maximum Gasteiger partial charge on any atom is 0.246 e. The molecule has 5 aromatic rings. The third kappa shape index (κ3) is 7.71. The molecule has 0 fully saturated rings. The van der Waals surface area contributed by atoms with Crippen molar-refractivity contribution < 1.29 is 23.7 Å². The Morgan fingerprint density at radius 3 is 2.55 bits per heavy atom. The van der Waals surface area contributed by atoms with Gasteiger partial charge in [0.2, 0.25) is 5.91 Å². The first-order chi connectivity index (χ1) is 21.4. The Hall–Kier alpha value is -4.51. The number of fused-ring (bicyclic) bond motifs is 1. The number of aryl methyl sites for hydroxylation is 2. The number of hydrogen-bond donors (Lipinski definition) is 1. The molecule has 0 spiro atoms. The van der Waals surface area contributed by atoms with E-state index in [0.29, 0.717) is 39.4 Å². The number of aromatic nitrogens is 4. The molecule has 1 amide bonds. The van der Waals surface area contributed by atoms with Crippen LogP contribution in [0.3, 0.4) is 0 Å². The molecule has 10 nitrogen and oxygen atoms in total. The van der Waals surface area contributed by atoms with Gasteiger partial charge in [-0.2, -0.15) is 0 Å². The quantitative estimate of drug-likeness (QED) is 0.175. The standard InChI is InChI=1S/C34H39N5O5/c1-24-7-8-27(19-35-33(40)22-44-15-14-43-13-12-41-3)17-29(24)30-21-38-11-5-6-28(34(38)37-30)16-26-9-10-31(32(18-26)42-4)39-20-25(2)36-23-39/h5-11,17-18,20-21,23H,12-16,19,22H2,1-4H3,(H,35,40). The Kier molecular flexibility index (Phi) is 10.4. The van der Waals surface area contributed by atoms with Crippen molar-refractivity contribution in [3.05, 3.63) is 101 Å². The maximum atomic E-state index is 12.3. The third-order valence-electron chi connectivity index (χ3n) is 7.30. The smallest absolute Gasteiger partial charge is 0.246 e. The third-order valence-corrected chi connectivity index (χ3v) is 7.30. The van der Waals surface area contributed by atoms with E-state index in [0.717, 1.165) is 56.3 Å². The molecular weight excluding hydrogens is 558 g/mol. The number of nitrogens with one attached hydrogen (secondary N) is 1. The highest BCUT2D eigenvalue weighted by molar-refractivity contribution is 5.77. The van der Waals surface area contributed by atoms with Gasteiger partial charge < -0.3 is 33.2 Å². The lowest BCUT2D eigenvalue weighted by molar-refractivity contribution is -0.126. The Labute approximate surface area is 257 Å². The number of carbonyl (C=O) groups is 1. The summed E-state index contributed by atoms with van der Waals surface area (Å²) in [5, 5.41) is 2.93. The summed E-state index contributed by atoms with van der Waals surface area (Å²) >= 11 is 0. The molecule has 44 heavy (non-hydrogen) atoms. The average Bonchev–Trinajstić information content (AvgIpc) is 3.67. The Bertz CT molecular complexity index is 1710. The summed E-state index contributed by atoms with van der Waals surface area (Å²) in [6.45, 7) is 6.24. The van der Waals surface area contributed by atoms with Crippen LogP contribution < -0.4 is 10.1 Å². The molecule has 3 aromatic heterocycles. The summed E-state index contributed by atoms with van der Waals surface area (Å²) in [7, 11) is 3.31. The van der Waals surface area contributed by atoms with Gasteiger partial charge in [0.15, 0.2) is 0 Å². The predicted octanol–water partition coefficient (Wildman–Crippen LogP) is 4.70. The summed E-state index contributed by atoms with van der Waals surface area (Å²) in [5.74, 6) is 0.611. The van der Waals surface area contributed by atoms with Crippen molar-refractivity contribution in [2.75, 3.05) is 47.3 Å². The molecule has 0 atom stereocenters. The number of hydrogen-bond acceptors (Lipinski definition) is 7. The van der Waals surface area contributed by atoms with Gasteiger partial charge >= 0.3 is 0 Å². The van der Waals surface area contributed by atoms with Crippen molar-refractivity contribution in [1.82, 2.24) is 24.3 Å². The number of rotatable bonds is 15. The Morgan fingerprint density at radius 2 is 1.75 bits per heavy atom. The second-order valence-corrected chi connectivity index (χ2v) is 10.6. The van der Waals surface area contributed by atoms with Gasteiger partial charge in [-0.25, -0.2) is 9.97 Å². The van der Waals surface area contributed by atoms with Crippen molar-refractivity contribution in [3.63, 3.8) is 0 Å². The summed E-state index contributed by atoms with van der Waals surface area (Å²) in [5.41, 5.74) is 9.02. The van der Waals surface area contributed by atoms with Crippen LogP contribution in [0.1, 0.15) is 27.9 Å². The molecule has 0 saturated heterocycles. The number of ether oxygens (including phenoxy) is 4. The van der Waals surface area contributed by atoms with Crippen molar-refractivity contribution in [1.29, 1.82) is 0 Å². The number of carbonyl (C=O) groups excluding carboxylic acids is 1. The lowest BCUT2D eigenvalue weighted by Crippen LogP contribution is -2.27. The molecule has 0 bridgehead atoms. The SMILES string of the molecule is COCCOCCOCC(=O)NCc1ccc(C)c(-c2cn3cccc(Cc4ccc(-n5cnc(C)c5)c(OC)c4)c3n2)c1. The van der Waals surface area contributed by atoms with E-state index in [1.807, 2.05) is 36.0 Å². The minimum atomic E-state index is -0.175. The van der Waals surface area contributed by atoms with Gasteiger partial charge in [-0.1, -0.05) is 24.3 Å². The van der Waals surface area contributed by atoms with Crippen molar-refractivity contribution in [3.8, 4) is 22.7 Å². The Morgan fingerprint density at radius 1 is 0.932 bits per heavy atom. The molecule has 230 valence electrons. The van der Waals surface area contributed by atoms with Crippen molar-refractivity contribution in [2.45, 2.75) is 26.8 Å². The fourth-order valence-electron chi connectivity index (χ4n) is 4.99. The van der Waals surface area contributed by atoms with E-state index in [2.05, 4.69) is 64.2 Å². The number of benzene rings is 2. The molecule has 0 aliphatic carbocycles. The molecule has 0 radical (unpaired) electrons. The van der Waals surface area contributed by atoms with E-state index < -0.39 is 0 Å². The van der Waals surface area contributed by atoms with E-state index in [1.165, 1.54) is 0 Å². The first-order valence-electron chi connectivity index (χ1n) is 14.6. The molecule has 0 unspecified atom stereocenters. The monoisotopic (exact) mass is 597 g/mol. The van der Waals surface area contributed by atoms with E-state index in [9.17, 15) is 4.79 Å². The minimum absolute atomic E-state index is 0.0145. The van der Waals surface area contributed by atoms with Gasteiger partial charge in [-0.05, 0) is 60.4 Å². The second-order valence-electron chi connectivity index (χ2n) is 10.6. The van der Waals surface area contributed by atoms with Crippen LogP contribution in [-0.4, -0.2) is 72.1 Å². The molecule has 0 aliphatic heterocycles. The lowest BCUT2D eigenvalue weighted by atomic mass is 10.0. The van der Waals surface area contributed by atoms with E-state index in [-0.39, 0.29) is 12.5 Å². The molecule has 3 heterocycles.